The second kappa shape index (κ2) is 11.3. The molecule has 0 aliphatic heterocycles. The number of amides is 2. The number of halogens is 1. The van der Waals surface area contributed by atoms with E-state index >= 15 is 0 Å². The van der Waals surface area contributed by atoms with Gasteiger partial charge in [0.25, 0.3) is 5.97 Å². The summed E-state index contributed by atoms with van der Waals surface area (Å²) in [5, 5.41) is 13.6. The molecule has 2 aromatic carbocycles. The van der Waals surface area contributed by atoms with Crippen LogP contribution in [-0.4, -0.2) is 24.2 Å². The van der Waals surface area contributed by atoms with Gasteiger partial charge < -0.3 is 20.5 Å². The Hall–Kier alpha value is -2.73. The van der Waals surface area contributed by atoms with E-state index in [1.165, 1.54) is 37.7 Å². The van der Waals surface area contributed by atoms with Crippen molar-refractivity contribution in [1.82, 2.24) is 0 Å². The summed E-state index contributed by atoms with van der Waals surface area (Å²) >= 11 is 5.98. The average Bonchev–Trinajstić information content (AvgIpc) is 2.69. The number of nitrogens with one attached hydrogen (secondary N) is 2. The normalized spacial score (nSPS) is 13.6. The van der Waals surface area contributed by atoms with E-state index in [0.29, 0.717) is 22.4 Å². The molecule has 3 rings (SSSR count). The molecule has 3 N–H and O–H groups in total. The largest absolute Gasteiger partial charge is 0.495 e. The predicted octanol–water partition coefficient (Wildman–Crippen LogP) is 6.13. The summed E-state index contributed by atoms with van der Waals surface area (Å²) in [5.74, 6) is 0.388. The summed E-state index contributed by atoms with van der Waals surface area (Å²) in [6.07, 6.45) is 6.51. The van der Waals surface area contributed by atoms with E-state index in [1.807, 2.05) is 12.1 Å². The second-order valence-corrected chi connectivity index (χ2v) is 7.34. The van der Waals surface area contributed by atoms with E-state index in [9.17, 15) is 4.79 Å². The maximum absolute atomic E-state index is 12.2. The standard InChI is InChI=1S/C20H23ClN2O2.C2H4O2/c1-25-19-12-9-16(21)13-18(19)23-20(24)22-17-10-7-15(8-11-17)14-5-3-2-4-6-14;1-2(3)4/h7-14H,2-6H2,1H3,(H2,22,23,24);1H3,(H,3,4). The molecular weight excluding hydrogens is 392 g/mol. The van der Waals surface area contributed by atoms with Gasteiger partial charge in [0.05, 0.1) is 12.8 Å². The fraction of sp³-hybridized carbons (Fsp3) is 0.364. The van der Waals surface area contributed by atoms with Crippen LogP contribution >= 0.6 is 11.6 Å². The first-order valence-corrected chi connectivity index (χ1v) is 9.98. The first-order valence-electron chi connectivity index (χ1n) is 9.60. The molecule has 156 valence electrons. The molecule has 0 atom stereocenters. The third-order valence-corrected chi connectivity index (χ3v) is 4.89. The number of urea groups is 1. The fourth-order valence-corrected chi connectivity index (χ4v) is 3.51. The maximum atomic E-state index is 12.2. The van der Waals surface area contributed by atoms with Gasteiger partial charge in [-0.2, -0.15) is 0 Å². The monoisotopic (exact) mass is 418 g/mol. The molecule has 0 saturated heterocycles. The SMILES string of the molecule is CC(=O)O.COc1ccc(Cl)cc1NC(=O)Nc1ccc(C2CCCCC2)cc1. The van der Waals surface area contributed by atoms with Gasteiger partial charge in [-0.3, -0.25) is 4.79 Å². The molecule has 1 saturated carbocycles. The molecule has 0 heterocycles. The number of carbonyl (C=O) groups excluding carboxylic acids is 1. The molecule has 6 nitrogen and oxygen atoms in total. The number of hydrogen-bond donors (Lipinski definition) is 3. The van der Waals surface area contributed by atoms with Crippen LogP contribution in [0.5, 0.6) is 5.75 Å². The first kappa shape index (κ1) is 22.6. The van der Waals surface area contributed by atoms with E-state index in [0.717, 1.165) is 12.6 Å². The lowest BCUT2D eigenvalue weighted by Gasteiger charge is -2.22. The molecule has 1 aliphatic rings. The van der Waals surface area contributed by atoms with Crippen LogP contribution in [0.25, 0.3) is 0 Å². The Kier molecular flexibility index (Phi) is 8.80. The quantitative estimate of drug-likeness (QED) is 0.557. The summed E-state index contributed by atoms with van der Waals surface area (Å²) in [6.45, 7) is 1.08. The van der Waals surface area contributed by atoms with Crippen LogP contribution in [0.2, 0.25) is 5.02 Å². The Balaban J connectivity index is 0.000000687. The van der Waals surface area contributed by atoms with Crippen LogP contribution < -0.4 is 15.4 Å². The van der Waals surface area contributed by atoms with Crippen molar-refractivity contribution in [3.8, 4) is 5.75 Å². The fourth-order valence-electron chi connectivity index (χ4n) is 3.34. The maximum Gasteiger partial charge on any atom is 0.323 e. The van der Waals surface area contributed by atoms with Crippen molar-refractivity contribution < 1.29 is 19.4 Å². The minimum atomic E-state index is -0.833. The molecule has 1 aliphatic carbocycles. The van der Waals surface area contributed by atoms with Crippen molar-refractivity contribution >= 4 is 35.0 Å². The van der Waals surface area contributed by atoms with Crippen LogP contribution in [0.4, 0.5) is 16.2 Å². The second-order valence-electron chi connectivity index (χ2n) is 6.90. The van der Waals surface area contributed by atoms with Gasteiger partial charge in [-0.05, 0) is 54.7 Å². The van der Waals surface area contributed by atoms with Gasteiger partial charge in [-0.1, -0.05) is 43.0 Å². The van der Waals surface area contributed by atoms with Gasteiger partial charge in [0.15, 0.2) is 0 Å². The highest BCUT2D eigenvalue weighted by atomic mass is 35.5. The van der Waals surface area contributed by atoms with Gasteiger partial charge in [-0.25, -0.2) is 4.79 Å². The van der Waals surface area contributed by atoms with Gasteiger partial charge in [0, 0.05) is 17.6 Å². The molecule has 0 unspecified atom stereocenters. The number of carboxylic acids is 1. The van der Waals surface area contributed by atoms with Crippen LogP contribution in [0.15, 0.2) is 42.5 Å². The van der Waals surface area contributed by atoms with Crippen LogP contribution in [-0.2, 0) is 4.79 Å². The number of ether oxygens (including phenoxy) is 1. The number of aliphatic carboxylic acids is 1. The number of benzene rings is 2. The van der Waals surface area contributed by atoms with Crippen molar-refractivity contribution in [2.24, 2.45) is 0 Å². The lowest BCUT2D eigenvalue weighted by molar-refractivity contribution is -0.134. The number of hydrogen-bond acceptors (Lipinski definition) is 3. The van der Waals surface area contributed by atoms with Crippen molar-refractivity contribution in [3.05, 3.63) is 53.1 Å². The Labute approximate surface area is 176 Å². The van der Waals surface area contributed by atoms with Gasteiger partial charge in [-0.15, -0.1) is 0 Å². The summed E-state index contributed by atoms with van der Waals surface area (Å²) in [7, 11) is 1.55. The summed E-state index contributed by atoms with van der Waals surface area (Å²) in [4.78, 5) is 21.2. The zero-order chi connectivity index (χ0) is 21.2. The Morgan fingerprint density at radius 2 is 1.66 bits per heavy atom. The van der Waals surface area contributed by atoms with Gasteiger partial charge in [0.1, 0.15) is 5.75 Å². The van der Waals surface area contributed by atoms with Crippen LogP contribution in [0.3, 0.4) is 0 Å². The molecule has 2 aromatic rings. The molecule has 2 amide bonds. The zero-order valence-electron chi connectivity index (χ0n) is 16.7. The summed E-state index contributed by atoms with van der Waals surface area (Å²) < 4.78 is 5.23. The Bertz CT molecular complexity index is 814. The van der Waals surface area contributed by atoms with Crippen molar-refractivity contribution in [1.29, 1.82) is 0 Å². The van der Waals surface area contributed by atoms with E-state index in [2.05, 4.69) is 22.8 Å². The smallest absolute Gasteiger partial charge is 0.323 e. The lowest BCUT2D eigenvalue weighted by atomic mass is 9.84. The highest BCUT2D eigenvalue weighted by Gasteiger charge is 2.15. The van der Waals surface area contributed by atoms with Crippen molar-refractivity contribution in [3.63, 3.8) is 0 Å². The highest BCUT2D eigenvalue weighted by Crippen LogP contribution is 2.33. The van der Waals surface area contributed by atoms with Gasteiger partial charge >= 0.3 is 6.03 Å². The molecule has 29 heavy (non-hydrogen) atoms. The minimum absolute atomic E-state index is 0.328. The van der Waals surface area contributed by atoms with Gasteiger partial charge in [0.2, 0.25) is 0 Å². The Morgan fingerprint density at radius 1 is 1.03 bits per heavy atom. The first-order chi connectivity index (χ1) is 13.9. The van der Waals surface area contributed by atoms with E-state index < -0.39 is 5.97 Å². The molecule has 0 aromatic heterocycles. The van der Waals surface area contributed by atoms with Crippen molar-refractivity contribution in [2.45, 2.75) is 44.9 Å². The van der Waals surface area contributed by atoms with E-state index in [4.69, 9.17) is 26.2 Å². The summed E-state index contributed by atoms with van der Waals surface area (Å²) in [6, 6.07) is 12.9. The summed E-state index contributed by atoms with van der Waals surface area (Å²) in [5.41, 5.74) is 2.66. The number of methoxy groups -OCH3 is 1. The molecule has 0 bridgehead atoms. The topological polar surface area (TPSA) is 87.7 Å². The van der Waals surface area contributed by atoms with Crippen molar-refractivity contribution in [2.75, 3.05) is 17.7 Å². The number of rotatable bonds is 4. The lowest BCUT2D eigenvalue weighted by Crippen LogP contribution is -2.19. The molecule has 0 radical (unpaired) electrons. The Morgan fingerprint density at radius 3 is 2.24 bits per heavy atom. The minimum Gasteiger partial charge on any atom is -0.495 e. The zero-order valence-corrected chi connectivity index (χ0v) is 17.5. The predicted molar refractivity (Wildman–Crippen MR) is 116 cm³/mol. The third kappa shape index (κ3) is 7.66. The third-order valence-electron chi connectivity index (χ3n) is 4.65. The van der Waals surface area contributed by atoms with E-state index in [-0.39, 0.29) is 6.03 Å². The van der Waals surface area contributed by atoms with Crippen LogP contribution in [0, 0.1) is 0 Å². The van der Waals surface area contributed by atoms with E-state index in [1.54, 1.807) is 25.3 Å². The van der Waals surface area contributed by atoms with Crippen LogP contribution in [0.1, 0.15) is 50.5 Å². The molecule has 1 fully saturated rings. The highest BCUT2D eigenvalue weighted by molar-refractivity contribution is 6.31. The number of anilines is 2. The average molecular weight is 419 g/mol. The number of carboxylic acid groups (broad SMARTS) is 1. The molecular formula is C22H27ClN2O4. The molecule has 7 heteroatoms. The molecule has 0 spiro atoms. The number of carbonyl (C=O) groups is 2.